The fraction of sp³-hybridized carbons (Fsp3) is 0.429. The van der Waals surface area contributed by atoms with Gasteiger partial charge in [-0.25, -0.2) is 0 Å². The molecule has 0 aliphatic rings. The van der Waals surface area contributed by atoms with Gasteiger partial charge >= 0.3 is 0 Å². The first kappa shape index (κ1) is 14.3. The summed E-state index contributed by atoms with van der Waals surface area (Å²) in [5, 5.41) is 3.98. The van der Waals surface area contributed by atoms with E-state index in [9.17, 15) is 0 Å². The monoisotopic (exact) mass is 277 g/mol. The van der Waals surface area contributed by atoms with Gasteiger partial charge in [0.05, 0.1) is 12.7 Å². The van der Waals surface area contributed by atoms with E-state index < -0.39 is 0 Å². The summed E-state index contributed by atoms with van der Waals surface area (Å²) in [6.45, 7) is 4.07. The fourth-order valence-corrected chi connectivity index (χ4v) is 2.02. The summed E-state index contributed by atoms with van der Waals surface area (Å²) in [4.78, 5) is 4.39. The Morgan fingerprint density at radius 1 is 1.25 bits per heavy atom. The van der Waals surface area contributed by atoms with Gasteiger partial charge in [-0.1, -0.05) is 19.0 Å². The van der Waals surface area contributed by atoms with Crippen LogP contribution in [0.4, 0.5) is 5.69 Å². The molecule has 6 heteroatoms. The number of anilines is 1. The van der Waals surface area contributed by atoms with Crippen LogP contribution in [0.15, 0.2) is 22.7 Å². The highest BCUT2D eigenvalue weighted by Crippen LogP contribution is 2.32. The number of benzene rings is 1. The first-order valence-electron chi connectivity index (χ1n) is 6.37. The molecule has 108 valence electrons. The number of hydrogen-bond donors (Lipinski definition) is 1. The molecule has 0 spiro atoms. The predicted octanol–water partition coefficient (Wildman–Crippen LogP) is 2.67. The Hall–Kier alpha value is -2.08. The van der Waals surface area contributed by atoms with Gasteiger partial charge in [0, 0.05) is 18.9 Å². The van der Waals surface area contributed by atoms with E-state index in [1.807, 2.05) is 13.8 Å². The molecule has 2 N–H and O–H groups in total. The Morgan fingerprint density at radius 2 is 2.00 bits per heavy atom. The van der Waals surface area contributed by atoms with Crippen molar-refractivity contribution in [3.8, 4) is 17.2 Å². The van der Waals surface area contributed by atoms with Gasteiger partial charge in [0.2, 0.25) is 5.82 Å². The van der Waals surface area contributed by atoms with Crippen LogP contribution in [0.25, 0.3) is 11.5 Å². The van der Waals surface area contributed by atoms with Gasteiger partial charge in [-0.3, -0.25) is 0 Å². The highest BCUT2D eigenvalue weighted by molar-refractivity contribution is 5.66. The zero-order valence-corrected chi connectivity index (χ0v) is 12.1. The number of ether oxygens (including phenoxy) is 2. The third-order valence-corrected chi connectivity index (χ3v) is 3.01. The smallest absolute Gasteiger partial charge is 0.261 e. The Morgan fingerprint density at radius 3 is 2.60 bits per heavy atom. The lowest BCUT2D eigenvalue weighted by Gasteiger charge is -2.14. The summed E-state index contributed by atoms with van der Waals surface area (Å²) in [7, 11) is 3.20. The van der Waals surface area contributed by atoms with Crippen LogP contribution in [0.5, 0.6) is 5.75 Å². The second kappa shape index (κ2) is 5.92. The van der Waals surface area contributed by atoms with Crippen LogP contribution in [0.1, 0.15) is 25.8 Å². The molecule has 1 unspecified atom stereocenters. The molecule has 0 amide bonds. The SMILES string of the molecule is COc1cc(N)ccc1-c1nc(C(OC)C(C)C)no1. The molecule has 0 fully saturated rings. The average Bonchev–Trinajstić information content (AvgIpc) is 2.88. The number of nitrogen functional groups attached to an aromatic ring is 1. The van der Waals surface area contributed by atoms with Crippen LogP contribution in [0.3, 0.4) is 0 Å². The Balaban J connectivity index is 2.38. The van der Waals surface area contributed by atoms with E-state index in [1.54, 1.807) is 32.4 Å². The summed E-state index contributed by atoms with van der Waals surface area (Å²) in [5.41, 5.74) is 7.05. The van der Waals surface area contributed by atoms with Crippen molar-refractivity contribution in [3.63, 3.8) is 0 Å². The van der Waals surface area contributed by atoms with Crippen LogP contribution in [-0.2, 0) is 4.74 Å². The molecule has 0 radical (unpaired) electrons. The van der Waals surface area contributed by atoms with E-state index in [-0.39, 0.29) is 12.0 Å². The second-order valence-electron chi connectivity index (χ2n) is 4.82. The van der Waals surface area contributed by atoms with E-state index in [0.717, 1.165) is 0 Å². The van der Waals surface area contributed by atoms with Crippen molar-refractivity contribution in [2.45, 2.75) is 20.0 Å². The molecule has 0 aliphatic carbocycles. The molecule has 1 aromatic carbocycles. The standard InChI is InChI=1S/C14H19N3O3/c1-8(2)12(19-4)13-16-14(20-17-13)10-6-5-9(15)7-11(10)18-3/h5-8,12H,15H2,1-4H3. The molecule has 0 bridgehead atoms. The van der Waals surface area contributed by atoms with Gasteiger partial charge in [-0.2, -0.15) is 4.98 Å². The Labute approximate surface area is 117 Å². The summed E-state index contributed by atoms with van der Waals surface area (Å²) in [5.74, 6) is 1.76. The Kier molecular flexibility index (Phi) is 4.24. The summed E-state index contributed by atoms with van der Waals surface area (Å²) < 4.78 is 16.0. The lowest BCUT2D eigenvalue weighted by molar-refractivity contribution is 0.0556. The quantitative estimate of drug-likeness (QED) is 0.846. The van der Waals surface area contributed by atoms with Crippen molar-refractivity contribution in [3.05, 3.63) is 24.0 Å². The van der Waals surface area contributed by atoms with Crippen LogP contribution < -0.4 is 10.5 Å². The van der Waals surface area contributed by atoms with Gasteiger partial charge < -0.3 is 19.7 Å². The van der Waals surface area contributed by atoms with E-state index in [0.29, 0.717) is 28.7 Å². The zero-order chi connectivity index (χ0) is 14.7. The van der Waals surface area contributed by atoms with Crippen molar-refractivity contribution in [1.29, 1.82) is 0 Å². The van der Waals surface area contributed by atoms with Crippen LogP contribution in [-0.4, -0.2) is 24.4 Å². The number of aromatic nitrogens is 2. The molecule has 1 atom stereocenters. The molecule has 0 aliphatic heterocycles. The molecule has 20 heavy (non-hydrogen) atoms. The molecule has 2 aromatic rings. The first-order valence-corrected chi connectivity index (χ1v) is 6.37. The second-order valence-corrected chi connectivity index (χ2v) is 4.82. The van der Waals surface area contributed by atoms with Gasteiger partial charge in [0.15, 0.2) is 0 Å². The number of rotatable bonds is 5. The van der Waals surface area contributed by atoms with Crippen LogP contribution in [0.2, 0.25) is 0 Å². The van der Waals surface area contributed by atoms with Crippen molar-refractivity contribution in [2.24, 2.45) is 5.92 Å². The summed E-state index contributed by atoms with van der Waals surface area (Å²) in [6.07, 6.45) is -0.202. The number of nitrogens with zero attached hydrogens (tertiary/aromatic N) is 2. The van der Waals surface area contributed by atoms with Crippen LogP contribution in [0, 0.1) is 5.92 Å². The summed E-state index contributed by atoms with van der Waals surface area (Å²) in [6, 6.07) is 5.27. The molecule has 0 saturated heterocycles. The van der Waals surface area contributed by atoms with E-state index in [4.69, 9.17) is 19.7 Å². The van der Waals surface area contributed by atoms with Crippen molar-refractivity contribution < 1.29 is 14.0 Å². The maximum atomic E-state index is 5.73. The predicted molar refractivity (Wildman–Crippen MR) is 75.3 cm³/mol. The third-order valence-electron chi connectivity index (χ3n) is 3.01. The van der Waals surface area contributed by atoms with Gasteiger partial charge in [0.25, 0.3) is 5.89 Å². The Bertz CT molecular complexity index is 581. The maximum absolute atomic E-state index is 5.73. The van der Waals surface area contributed by atoms with Crippen LogP contribution >= 0.6 is 0 Å². The van der Waals surface area contributed by atoms with Gasteiger partial charge in [-0.15, -0.1) is 0 Å². The van der Waals surface area contributed by atoms with Crippen molar-refractivity contribution in [1.82, 2.24) is 10.1 Å². The number of nitrogens with two attached hydrogens (primary N) is 1. The number of hydrogen-bond acceptors (Lipinski definition) is 6. The molecular weight excluding hydrogens is 258 g/mol. The first-order chi connectivity index (χ1) is 9.56. The molecule has 0 saturated carbocycles. The zero-order valence-electron chi connectivity index (χ0n) is 12.1. The molecule has 6 nitrogen and oxygen atoms in total. The van der Waals surface area contributed by atoms with E-state index in [2.05, 4.69) is 10.1 Å². The highest BCUT2D eigenvalue weighted by atomic mass is 16.5. The van der Waals surface area contributed by atoms with Crippen molar-refractivity contribution >= 4 is 5.69 Å². The van der Waals surface area contributed by atoms with E-state index >= 15 is 0 Å². The lowest BCUT2D eigenvalue weighted by atomic mass is 10.1. The minimum Gasteiger partial charge on any atom is -0.496 e. The van der Waals surface area contributed by atoms with Gasteiger partial charge in [0.1, 0.15) is 11.9 Å². The molecule has 1 aromatic heterocycles. The number of methoxy groups -OCH3 is 2. The van der Waals surface area contributed by atoms with Gasteiger partial charge in [-0.05, 0) is 18.1 Å². The normalized spacial score (nSPS) is 12.7. The average molecular weight is 277 g/mol. The third kappa shape index (κ3) is 2.75. The topological polar surface area (TPSA) is 83.4 Å². The molecular formula is C14H19N3O3. The highest BCUT2D eigenvalue weighted by Gasteiger charge is 2.22. The minimum atomic E-state index is -0.202. The fourth-order valence-electron chi connectivity index (χ4n) is 2.02. The lowest BCUT2D eigenvalue weighted by Crippen LogP contribution is -2.10. The minimum absolute atomic E-state index is 0.202. The van der Waals surface area contributed by atoms with Crippen molar-refractivity contribution in [2.75, 3.05) is 20.0 Å². The molecule has 1 heterocycles. The maximum Gasteiger partial charge on any atom is 0.261 e. The van der Waals surface area contributed by atoms with E-state index in [1.165, 1.54) is 0 Å². The molecule has 2 rings (SSSR count). The summed E-state index contributed by atoms with van der Waals surface area (Å²) >= 11 is 0. The largest absolute Gasteiger partial charge is 0.496 e.